The van der Waals surface area contributed by atoms with E-state index in [0.29, 0.717) is 22.5 Å². The Balaban J connectivity index is 1.87. The van der Waals surface area contributed by atoms with Gasteiger partial charge < -0.3 is 9.47 Å². The maximum Gasteiger partial charge on any atom is 0.158 e. The van der Waals surface area contributed by atoms with E-state index >= 15 is 0 Å². The van der Waals surface area contributed by atoms with Crippen molar-refractivity contribution in [2.75, 3.05) is 13.2 Å². The summed E-state index contributed by atoms with van der Waals surface area (Å²) in [6.45, 7) is 1.07. The summed E-state index contributed by atoms with van der Waals surface area (Å²) in [7, 11) is 0. The first-order valence-electron chi connectivity index (χ1n) is 6.08. The van der Waals surface area contributed by atoms with Crippen LogP contribution in [0.15, 0.2) is 16.6 Å². The van der Waals surface area contributed by atoms with Crippen molar-refractivity contribution in [3.8, 4) is 17.9 Å². The van der Waals surface area contributed by atoms with Gasteiger partial charge in [0.2, 0.25) is 0 Å². The second kappa shape index (κ2) is 7.25. The number of hydrogen-bond donors (Lipinski definition) is 0. The summed E-state index contributed by atoms with van der Waals surface area (Å²) in [6, 6.07) is 5.52. The van der Waals surface area contributed by atoms with Crippen LogP contribution in [-0.4, -0.2) is 24.5 Å². The molecule has 5 heteroatoms. The van der Waals surface area contributed by atoms with Gasteiger partial charge in [0.1, 0.15) is 18.4 Å². The molecule has 1 saturated heterocycles. The molecule has 2 heterocycles. The zero-order valence-corrected chi connectivity index (χ0v) is 11.9. The van der Waals surface area contributed by atoms with Gasteiger partial charge in [-0.2, -0.15) is 5.26 Å². The average molecular weight is 321 g/mol. The van der Waals surface area contributed by atoms with E-state index in [1.165, 1.54) is 0 Å². The number of halogens is 1. The van der Waals surface area contributed by atoms with Gasteiger partial charge in [0.05, 0.1) is 4.47 Å². The Morgan fingerprint density at radius 3 is 3.11 bits per heavy atom. The fourth-order valence-electron chi connectivity index (χ4n) is 1.69. The largest absolute Gasteiger partial charge is 0.353 e. The minimum Gasteiger partial charge on any atom is -0.353 e. The summed E-state index contributed by atoms with van der Waals surface area (Å²) < 4.78 is 11.6. The fraction of sp³-hybridized carbons (Fsp3) is 0.429. The Hall–Kier alpha value is -1.40. The van der Waals surface area contributed by atoms with Gasteiger partial charge in [-0.3, -0.25) is 0 Å². The minimum atomic E-state index is -0.129. The predicted octanol–water partition coefficient (Wildman–Crippen LogP) is 2.61. The lowest BCUT2D eigenvalue weighted by atomic mass is 10.2. The molecule has 1 aliphatic rings. The van der Waals surface area contributed by atoms with Gasteiger partial charge in [0.25, 0.3) is 0 Å². The molecule has 0 spiro atoms. The van der Waals surface area contributed by atoms with E-state index in [4.69, 9.17) is 14.7 Å². The molecule has 1 aromatic heterocycles. The number of rotatable bonds is 2. The number of ether oxygens (including phenoxy) is 2. The molecule has 0 amide bonds. The van der Waals surface area contributed by atoms with Crippen molar-refractivity contribution in [3.05, 3.63) is 28.0 Å². The normalized spacial score (nSPS) is 18.2. The second-order valence-electron chi connectivity index (χ2n) is 4.05. The van der Waals surface area contributed by atoms with Crippen LogP contribution in [0.25, 0.3) is 0 Å². The first-order chi connectivity index (χ1) is 9.29. The fourth-order valence-corrected chi connectivity index (χ4v) is 2.00. The van der Waals surface area contributed by atoms with E-state index in [2.05, 4.69) is 32.8 Å². The van der Waals surface area contributed by atoms with Crippen LogP contribution in [0.2, 0.25) is 0 Å². The molecule has 2 rings (SSSR count). The highest BCUT2D eigenvalue weighted by Gasteiger charge is 2.12. The molecule has 4 nitrogen and oxygen atoms in total. The first kappa shape index (κ1) is 14.0. The average Bonchev–Trinajstić information content (AvgIpc) is 2.46. The number of nitriles is 1. The summed E-state index contributed by atoms with van der Waals surface area (Å²) in [5, 5.41) is 8.85. The van der Waals surface area contributed by atoms with Crippen LogP contribution in [0.5, 0.6) is 0 Å². The Kier molecular flexibility index (Phi) is 5.35. The van der Waals surface area contributed by atoms with Crippen molar-refractivity contribution in [1.29, 1.82) is 5.26 Å². The Morgan fingerprint density at radius 1 is 1.47 bits per heavy atom. The molecule has 0 radical (unpaired) electrons. The van der Waals surface area contributed by atoms with Crippen LogP contribution in [0.3, 0.4) is 0 Å². The topological polar surface area (TPSA) is 55.1 Å². The molecular formula is C14H13BrN2O2. The monoisotopic (exact) mass is 320 g/mol. The van der Waals surface area contributed by atoms with Crippen molar-refractivity contribution in [2.24, 2.45) is 0 Å². The number of aromatic nitrogens is 1. The molecule has 0 bridgehead atoms. The minimum absolute atomic E-state index is 0.129. The SMILES string of the molecule is N#Cc1nc(C#CCOC2CCCCO2)ccc1Br. The van der Waals surface area contributed by atoms with Crippen molar-refractivity contribution in [1.82, 2.24) is 4.98 Å². The van der Waals surface area contributed by atoms with Gasteiger partial charge in [0, 0.05) is 6.61 Å². The van der Waals surface area contributed by atoms with E-state index in [9.17, 15) is 0 Å². The van der Waals surface area contributed by atoms with Crippen LogP contribution >= 0.6 is 15.9 Å². The third kappa shape index (κ3) is 4.33. The molecule has 1 aliphatic heterocycles. The molecule has 0 aliphatic carbocycles. The van der Waals surface area contributed by atoms with Crippen LogP contribution in [0.4, 0.5) is 0 Å². The van der Waals surface area contributed by atoms with Crippen LogP contribution in [-0.2, 0) is 9.47 Å². The maximum absolute atomic E-state index is 8.85. The van der Waals surface area contributed by atoms with E-state index in [0.717, 1.165) is 25.9 Å². The highest BCUT2D eigenvalue weighted by atomic mass is 79.9. The molecule has 0 aromatic carbocycles. The van der Waals surface area contributed by atoms with Crippen molar-refractivity contribution >= 4 is 15.9 Å². The zero-order chi connectivity index (χ0) is 13.5. The molecule has 1 aromatic rings. The Labute approximate surface area is 120 Å². The lowest BCUT2D eigenvalue weighted by molar-refractivity contribution is -0.154. The summed E-state index contributed by atoms with van der Waals surface area (Å²) in [5.74, 6) is 5.75. The maximum atomic E-state index is 8.85. The zero-order valence-electron chi connectivity index (χ0n) is 10.4. The molecule has 0 saturated carbocycles. The van der Waals surface area contributed by atoms with Crippen molar-refractivity contribution in [3.63, 3.8) is 0 Å². The second-order valence-corrected chi connectivity index (χ2v) is 4.90. The first-order valence-corrected chi connectivity index (χ1v) is 6.87. The molecule has 1 unspecified atom stereocenters. The lowest BCUT2D eigenvalue weighted by Crippen LogP contribution is -2.22. The molecule has 1 atom stereocenters. The smallest absolute Gasteiger partial charge is 0.158 e. The summed E-state index contributed by atoms with van der Waals surface area (Å²) >= 11 is 3.25. The van der Waals surface area contributed by atoms with E-state index < -0.39 is 0 Å². The molecular weight excluding hydrogens is 308 g/mol. The summed E-state index contributed by atoms with van der Waals surface area (Å²) in [6.07, 6.45) is 3.04. The van der Waals surface area contributed by atoms with Crippen LogP contribution < -0.4 is 0 Å². The number of hydrogen-bond acceptors (Lipinski definition) is 4. The van der Waals surface area contributed by atoms with Gasteiger partial charge in [-0.25, -0.2) is 4.98 Å². The van der Waals surface area contributed by atoms with E-state index in [-0.39, 0.29) is 6.29 Å². The third-order valence-electron chi connectivity index (χ3n) is 2.65. The van der Waals surface area contributed by atoms with Crippen molar-refractivity contribution in [2.45, 2.75) is 25.6 Å². The summed E-state index contributed by atoms with van der Waals surface area (Å²) in [5.41, 5.74) is 0.899. The molecule has 19 heavy (non-hydrogen) atoms. The Morgan fingerprint density at radius 2 is 2.37 bits per heavy atom. The standard InChI is InChI=1S/C14H13BrN2O2/c15-12-7-6-11(17-13(12)10-16)4-3-9-19-14-5-1-2-8-18-14/h6-7,14H,1-2,5,8-9H2. The number of nitrogens with zero attached hydrogens (tertiary/aromatic N) is 2. The third-order valence-corrected chi connectivity index (χ3v) is 3.29. The summed E-state index contributed by atoms with van der Waals surface area (Å²) in [4.78, 5) is 4.11. The van der Waals surface area contributed by atoms with Crippen molar-refractivity contribution < 1.29 is 9.47 Å². The van der Waals surface area contributed by atoms with Gasteiger partial charge >= 0.3 is 0 Å². The van der Waals surface area contributed by atoms with E-state index in [1.807, 2.05) is 6.07 Å². The predicted molar refractivity (Wildman–Crippen MR) is 73.1 cm³/mol. The van der Waals surface area contributed by atoms with Gasteiger partial charge in [-0.1, -0.05) is 5.92 Å². The van der Waals surface area contributed by atoms with Crippen LogP contribution in [0, 0.1) is 23.2 Å². The molecule has 0 N–H and O–H groups in total. The van der Waals surface area contributed by atoms with E-state index in [1.54, 1.807) is 12.1 Å². The highest BCUT2D eigenvalue weighted by Crippen LogP contribution is 2.14. The van der Waals surface area contributed by atoms with Gasteiger partial charge in [-0.15, -0.1) is 0 Å². The lowest BCUT2D eigenvalue weighted by Gasteiger charge is -2.21. The van der Waals surface area contributed by atoms with Gasteiger partial charge in [0.15, 0.2) is 12.0 Å². The highest BCUT2D eigenvalue weighted by molar-refractivity contribution is 9.10. The number of pyridine rings is 1. The molecule has 1 fully saturated rings. The molecule has 98 valence electrons. The Bertz CT molecular complexity index is 537. The van der Waals surface area contributed by atoms with Gasteiger partial charge in [-0.05, 0) is 53.2 Å². The van der Waals surface area contributed by atoms with Crippen LogP contribution in [0.1, 0.15) is 30.7 Å². The quantitative estimate of drug-likeness (QED) is 0.786.